The lowest BCUT2D eigenvalue weighted by molar-refractivity contribution is 0.0915. The van der Waals surface area contributed by atoms with Gasteiger partial charge in [0.1, 0.15) is 6.04 Å². The van der Waals surface area contributed by atoms with Crippen molar-refractivity contribution < 1.29 is 9.32 Å². The number of nitrogens with one attached hydrogen (secondary N) is 2. The number of carbonyl (C=O) groups excluding carboxylic acids is 1. The maximum Gasteiger partial charge on any atom is 0.254 e. The number of para-hydroxylation sites is 1. The quantitative estimate of drug-likeness (QED) is 0.660. The van der Waals surface area contributed by atoms with Gasteiger partial charge in [0.05, 0.1) is 11.1 Å². The van der Waals surface area contributed by atoms with Crippen LogP contribution in [0.2, 0.25) is 0 Å². The van der Waals surface area contributed by atoms with Gasteiger partial charge >= 0.3 is 0 Å². The monoisotopic (exact) mass is 392 g/mol. The maximum absolute atomic E-state index is 13.3. The van der Waals surface area contributed by atoms with E-state index in [1.54, 1.807) is 0 Å². The standard InChI is InChI=1S/C23H28N4O2/c1-12(2)19(23-26-21(27-29-23)14-8-9-14)25-22(28)16-6-4-5-15-17-11-13(3)7-10-18(17)24-20(15)16/h4-6,12-14,19,24H,7-11H2,1-3H3,(H,25,28). The number of fused-ring (bicyclic) bond motifs is 3. The molecule has 2 aliphatic rings. The Hall–Kier alpha value is -2.63. The van der Waals surface area contributed by atoms with Gasteiger partial charge in [0, 0.05) is 17.0 Å². The Kier molecular flexibility index (Phi) is 4.45. The van der Waals surface area contributed by atoms with E-state index in [9.17, 15) is 4.79 Å². The third-order valence-electron chi connectivity index (χ3n) is 6.33. The van der Waals surface area contributed by atoms with Crippen LogP contribution in [0.15, 0.2) is 22.7 Å². The second-order valence-electron chi connectivity index (χ2n) is 9.12. The molecule has 6 nitrogen and oxygen atoms in total. The van der Waals surface area contributed by atoms with Gasteiger partial charge in [-0.2, -0.15) is 4.98 Å². The van der Waals surface area contributed by atoms with E-state index in [1.165, 1.54) is 23.1 Å². The van der Waals surface area contributed by atoms with Gasteiger partial charge < -0.3 is 14.8 Å². The molecule has 2 aliphatic carbocycles. The number of carbonyl (C=O) groups is 1. The van der Waals surface area contributed by atoms with Crippen LogP contribution in [-0.4, -0.2) is 21.0 Å². The molecule has 1 fully saturated rings. The molecule has 0 aliphatic heterocycles. The van der Waals surface area contributed by atoms with E-state index in [0.717, 1.165) is 37.0 Å². The highest BCUT2D eigenvalue weighted by atomic mass is 16.5. The lowest BCUT2D eigenvalue weighted by Crippen LogP contribution is -2.32. The minimum atomic E-state index is -0.303. The highest BCUT2D eigenvalue weighted by Crippen LogP contribution is 2.39. The van der Waals surface area contributed by atoms with Gasteiger partial charge in [0.2, 0.25) is 5.89 Å². The fraction of sp³-hybridized carbons (Fsp3) is 0.522. The summed E-state index contributed by atoms with van der Waals surface area (Å²) in [5.41, 5.74) is 4.28. The summed E-state index contributed by atoms with van der Waals surface area (Å²) in [7, 11) is 0. The first kappa shape index (κ1) is 18.4. The van der Waals surface area contributed by atoms with E-state index in [-0.39, 0.29) is 17.9 Å². The van der Waals surface area contributed by atoms with Gasteiger partial charge in [0.15, 0.2) is 5.82 Å². The number of aromatic amines is 1. The van der Waals surface area contributed by atoms with Gasteiger partial charge in [-0.05, 0) is 55.6 Å². The van der Waals surface area contributed by atoms with Gasteiger partial charge in [-0.15, -0.1) is 0 Å². The number of benzene rings is 1. The molecular weight excluding hydrogens is 364 g/mol. The number of hydrogen-bond acceptors (Lipinski definition) is 4. The van der Waals surface area contributed by atoms with Crippen LogP contribution in [0.3, 0.4) is 0 Å². The van der Waals surface area contributed by atoms with Crippen LogP contribution < -0.4 is 5.32 Å². The molecule has 1 aromatic carbocycles. The molecule has 3 aromatic rings. The summed E-state index contributed by atoms with van der Waals surface area (Å²) in [5, 5.41) is 8.44. The summed E-state index contributed by atoms with van der Waals surface area (Å²) >= 11 is 0. The van der Waals surface area contributed by atoms with Gasteiger partial charge in [0.25, 0.3) is 5.91 Å². The van der Waals surface area contributed by atoms with Crippen molar-refractivity contribution in [1.82, 2.24) is 20.4 Å². The van der Waals surface area contributed by atoms with Crippen molar-refractivity contribution in [3.63, 3.8) is 0 Å². The molecule has 2 atom stereocenters. The van der Waals surface area contributed by atoms with Crippen molar-refractivity contribution in [1.29, 1.82) is 0 Å². The molecule has 5 rings (SSSR count). The SMILES string of the molecule is CC1CCc2[nH]c3c(C(=O)NC(c4nc(C5CC5)no4)C(C)C)cccc3c2C1. The normalized spacial score (nSPS) is 20.1. The Bertz CT molecular complexity index is 1060. The summed E-state index contributed by atoms with van der Waals surface area (Å²) in [6.45, 7) is 6.41. The van der Waals surface area contributed by atoms with Crippen LogP contribution >= 0.6 is 0 Å². The minimum Gasteiger partial charge on any atom is -0.358 e. The Balaban J connectivity index is 1.45. The van der Waals surface area contributed by atoms with E-state index in [0.29, 0.717) is 23.3 Å². The smallest absolute Gasteiger partial charge is 0.254 e. The predicted molar refractivity (Wildman–Crippen MR) is 111 cm³/mol. The van der Waals surface area contributed by atoms with Crippen molar-refractivity contribution in [2.45, 2.75) is 64.8 Å². The molecule has 1 amide bonds. The molecule has 2 N–H and O–H groups in total. The molecule has 0 radical (unpaired) electrons. The number of amides is 1. The van der Waals surface area contributed by atoms with Crippen LogP contribution in [0.1, 0.15) is 85.3 Å². The topological polar surface area (TPSA) is 83.8 Å². The zero-order valence-corrected chi connectivity index (χ0v) is 17.3. The molecule has 2 heterocycles. The minimum absolute atomic E-state index is 0.105. The van der Waals surface area contributed by atoms with E-state index in [2.05, 4.69) is 47.3 Å². The summed E-state index contributed by atoms with van der Waals surface area (Å²) in [6.07, 6.45) is 5.55. The number of nitrogens with zero attached hydrogens (tertiary/aromatic N) is 2. The van der Waals surface area contributed by atoms with Crippen LogP contribution in [-0.2, 0) is 12.8 Å². The fourth-order valence-electron chi connectivity index (χ4n) is 4.42. The first-order valence-electron chi connectivity index (χ1n) is 10.8. The lowest BCUT2D eigenvalue weighted by Gasteiger charge is -2.19. The van der Waals surface area contributed by atoms with Crippen LogP contribution in [0.25, 0.3) is 10.9 Å². The lowest BCUT2D eigenvalue weighted by atomic mass is 9.87. The molecule has 29 heavy (non-hydrogen) atoms. The summed E-state index contributed by atoms with van der Waals surface area (Å²) in [4.78, 5) is 21.4. The van der Waals surface area contributed by atoms with Crippen molar-refractivity contribution >= 4 is 16.8 Å². The molecule has 0 spiro atoms. The zero-order valence-electron chi connectivity index (χ0n) is 17.3. The molecular formula is C23H28N4O2. The Morgan fingerprint density at radius 1 is 1.28 bits per heavy atom. The first-order valence-corrected chi connectivity index (χ1v) is 10.8. The number of aromatic nitrogens is 3. The maximum atomic E-state index is 13.3. The van der Waals surface area contributed by atoms with Crippen molar-refractivity contribution in [3.05, 3.63) is 46.7 Å². The molecule has 152 valence electrons. The Labute approximate surface area is 170 Å². The van der Waals surface area contributed by atoms with Crippen LogP contribution in [0, 0.1) is 11.8 Å². The third kappa shape index (κ3) is 3.34. The van der Waals surface area contributed by atoms with E-state index < -0.39 is 0 Å². The molecule has 2 aromatic heterocycles. The van der Waals surface area contributed by atoms with E-state index in [4.69, 9.17) is 4.52 Å². The van der Waals surface area contributed by atoms with E-state index in [1.807, 2.05) is 12.1 Å². The molecule has 0 bridgehead atoms. The van der Waals surface area contributed by atoms with Gasteiger partial charge in [-0.3, -0.25) is 4.79 Å². The highest BCUT2D eigenvalue weighted by Gasteiger charge is 2.32. The van der Waals surface area contributed by atoms with Crippen molar-refractivity contribution in [2.24, 2.45) is 11.8 Å². The van der Waals surface area contributed by atoms with Gasteiger partial charge in [-0.1, -0.05) is 38.1 Å². The summed E-state index contributed by atoms with van der Waals surface area (Å²) in [5.74, 6) is 2.42. The largest absolute Gasteiger partial charge is 0.358 e. The predicted octanol–water partition coefficient (Wildman–Crippen LogP) is 4.68. The average molecular weight is 393 g/mol. The number of H-pyrrole nitrogens is 1. The van der Waals surface area contributed by atoms with Crippen LogP contribution in [0.4, 0.5) is 0 Å². The first-order chi connectivity index (χ1) is 14.0. The second kappa shape index (κ2) is 7.01. The summed E-state index contributed by atoms with van der Waals surface area (Å²) < 4.78 is 5.51. The highest BCUT2D eigenvalue weighted by molar-refractivity contribution is 6.07. The zero-order chi connectivity index (χ0) is 20.1. The summed E-state index contributed by atoms with van der Waals surface area (Å²) in [6, 6.07) is 5.69. The van der Waals surface area contributed by atoms with Crippen molar-refractivity contribution in [2.75, 3.05) is 0 Å². The number of aryl methyl sites for hydroxylation is 1. The van der Waals surface area contributed by atoms with E-state index >= 15 is 0 Å². The van der Waals surface area contributed by atoms with Gasteiger partial charge in [-0.25, -0.2) is 0 Å². The molecule has 0 saturated heterocycles. The Morgan fingerprint density at radius 2 is 2.10 bits per heavy atom. The van der Waals surface area contributed by atoms with Crippen molar-refractivity contribution in [3.8, 4) is 0 Å². The molecule has 6 heteroatoms. The number of hydrogen-bond donors (Lipinski definition) is 2. The van der Waals surface area contributed by atoms with Crippen LogP contribution in [0.5, 0.6) is 0 Å². The Morgan fingerprint density at radius 3 is 2.86 bits per heavy atom. The third-order valence-corrected chi connectivity index (χ3v) is 6.33. The second-order valence-corrected chi connectivity index (χ2v) is 9.12. The molecule has 2 unspecified atom stereocenters. The number of rotatable bonds is 5. The average Bonchev–Trinajstić information content (AvgIpc) is 3.32. The fourth-order valence-corrected chi connectivity index (χ4v) is 4.42. The molecule has 1 saturated carbocycles.